The Morgan fingerprint density at radius 2 is 2.03 bits per heavy atom. The maximum Gasteiger partial charge on any atom is 0.331 e. The predicted octanol–water partition coefficient (Wildman–Crippen LogP) is 3.97. The zero-order chi connectivity index (χ0) is 21.0. The molecule has 0 unspecified atom stereocenters. The molecular formula is C21H20ClNO6. The zero-order valence-corrected chi connectivity index (χ0v) is 16.9. The molecule has 0 radical (unpaired) electrons. The van der Waals surface area contributed by atoms with E-state index in [4.69, 9.17) is 30.5 Å². The Kier molecular flexibility index (Phi) is 6.29. The van der Waals surface area contributed by atoms with Gasteiger partial charge in [0.05, 0.1) is 17.8 Å². The Morgan fingerprint density at radius 1 is 1.24 bits per heavy atom. The summed E-state index contributed by atoms with van der Waals surface area (Å²) in [7, 11) is 1.51. The van der Waals surface area contributed by atoms with Crippen molar-refractivity contribution in [1.82, 2.24) is 0 Å². The van der Waals surface area contributed by atoms with Crippen molar-refractivity contribution in [3.63, 3.8) is 0 Å². The van der Waals surface area contributed by atoms with Crippen LogP contribution in [0.4, 0.5) is 5.69 Å². The van der Waals surface area contributed by atoms with E-state index in [0.29, 0.717) is 33.5 Å². The van der Waals surface area contributed by atoms with Crippen LogP contribution in [0, 0.1) is 6.92 Å². The smallest absolute Gasteiger partial charge is 0.331 e. The van der Waals surface area contributed by atoms with E-state index in [1.54, 1.807) is 24.3 Å². The summed E-state index contributed by atoms with van der Waals surface area (Å²) in [6, 6.07) is 8.72. The first-order chi connectivity index (χ1) is 13.9. The van der Waals surface area contributed by atoms with Crippen molar-refractivity contribution in [2.75, 3.05) is 19.2 Å². The van der Waals surface area contributed by atoms with Crippen LogP contribution in [0.15, 0.2) is 36.4 Å². The van der Waals surface area contributed by atoms with Crippen molar-refractivity contribution in [2.45, 2.75) is 20.0 Å². The Balaban J connectivity index is 1.60. The van der Waals surface area contributed by atoms with Crippen molar-refractivity contribution >= 4 is 35.2 Å². The van der Waals surface area contributed by atoms with Gasteiger partial charge in [0.15, 0.2) is 17.6 Å². The second-order valence-electron chi connectivity index (χ2n) is 6.34. The SMILES string of the molecule is COc1ccc(C)cc1NC(=O)[C@@H](C)OC(=O)/C=C/c1cc(Cl)c2c(c1)OCO2. The van der Waals surface area contributed by atoms with E-state index in [0.717, 1.165) is 5.56 Å². The van der Waals surface area contributed by atoms with E-state index < -0.39 is 18.0 Å². The molecule has 0 saturated heterocycles. The molecule has 0 aliphatic carbocycles. The van der Waals surface area contributed by atoms with Gasteiger partial charge in [-0.25, -0.2) is 4.79 Å². The van der Waals surface area contributed by atoms with Crippen LogP contribution in [0.25, 0.3) is 6.08 Å². The van der Waals surface area contributed by atoms with Gasteiger partial charge in [0.2, 0.25) is 6.79 Å². The Labute approximate surface area is 173 Å². The Morgan fingerprint density at radius 3 is 2.79 bits per heavy atom. The van der Waals surface area contributed by atoms with Crippen LogP contribution >= 0.6 is 11.6 Å². The maximum atomic E-state index is 12.4. The first kappa shape index (κ1) is 20.5. The van der Waals surface area contributed by atoms with Crippen LogP contribution in [0.1, 0.15) is 18.1 Å². The molecule has 0 saturated carbocycles. The highest BCUT2D eigenvalue weighted by Crippen LogP contribution is 2.40. The fourth-order valence-corrected chi connectivity index (χ4v) is 2.94. The van der Waals surface area contributed by atoms with Crippen molar-refractivity contribution in [3.8, 4) is 17.2 Å². The highest BCUT2D eigenvalue weighted by Gasteiger charge is 2.19. The maximum absolute atomic E-state index is 12.4. The number of hydrogen-bond donors (Lipinski definition) is 1. The average molecular weight is 418 g/mol. The van der Waals surface area contributed by atoms with Crippen LogP contribution in [0.2, 0.25) is 5.02 Å². The lowest BCUT2D eigenvalue weighted by Gasteiger charge is -2.15. The molecule has 1 aliphatic heterocycles. The summed E-state index contributed by atoms with van der Waals surface area (Å²) in [6.45, 7) is 3.48. The number of aryl methyl sites for hydroxylation is 1. The highest BCUT2D eigenvalue weighted by atomic mass is 35.5. The van der Waals surface area contributed by atoms with Crippen LogP contribution in [0.3, 0.4) is 0 Å². The van der Waals surface area contributed by atoms with E-state index in [-0.39, 0.29) is 6.79 Å². The summed E-state index contributed by atoms with van der Waals surface area (Å²) in [6.07, 6.45) is 1.73. The van der Waals surface area contributed by atoms with Gasteiger partial charge < -0.3 is 24.3 Å². The number of hydrogen-bond acceptors (Lipinski definition) is 6. The summed E-state index contributed by atoms with van der Waals surface area (Å²) in [5.74, 6) is 0.357. The topological polar surface area (TPSA) is 83.1 Å². The monoisotopic (exact) mass is 417 g/mol. The lowest BCUT2D eigenvalue weighted by Crippen LogP contribution is -2.29. The van der Waals surface area contributed by atoms with E-state index in [1.807, 2.05) is 13.0 Å². The van der Waals surface area contributed by atoms with Crippen molar-refractivity contribution in [3.05, 3.63) is 52.6 Å². The fraction of sp³-hybridized carbons (Fsp3) is 0.238. The first-order valence-corrected chi connectivity index (χ1v) is 9.18. The Bertz CT molecular complexity index is 972. The first-order valence-electron chi connectivity index (χ1n) is 8.80. The number of amides is 1. The van der Waals surface area contributed by atoms with Gasteiger partial charge in [-0.05, 0) is 55.3 Å². The molecule has 0 spiro atoms. The number of halogens is 1. The molecule has 29 heavy (non-hydrogen) atoms. The third-order valence-electron chi connectivity index (χ3n) is 4.14. The molecule has 3 rings (SSSR count). The molecule has 2 aromatic carbocycles. The van der Waals surface area contributed by atoms with Crippen LogP contribution in [-0.4, -0.2) is 31.9 Å². The summed E-state index contributed by atoms with van der Waals surface area (Å²) >= 11 is 6.11. The zero-order valence-electron chi connectivity index (χ0n) is 16.2. The van der Waals surface area contributed by atoms with Crippen LogP contribution < -0.4 is 19.5 Å². The van der Waals surface area contributed by atoms with Gasteiger partial charge in [-0.2, -0.15) is 0 Å². The lowest BCUT2D eigenvalue weighted by molar-refractivity contribution is -0.148. The molecule has 1 amide bonds. The van der Waals surface area contributed by atoms with Gasteiger partial charge in [0, 0.05) is 6.08 Å². The number of esters is 1. The van der Waals surface area contributed by atoms with Crippen LogP contribution in [-0.2, 0) is 14.3 Å². The minimum atomic E-state index is -1.00. The highest BCUT2D eigenvalue weighted by molar-refractivity contribution is 6.32. The number of fused-ring (bicyclic) bond motifs is 1. The van der Waals surface area contributed by atoms with Crippen molar-refractivity contribution in [2.24, 2.45) is 0 Å². The van der Waals surface area contributed by atoms with Gasteiger partial charge in [-0.3, -0.25) is 4.79 Å². The molecule has 0 bridgehead atoms. The number of methoxy groups -OCH3 is 1. The normalized spacial score (nSPS) is 13.2. The molecule has 1 N–H and O–H groups in total. The summed E-state index contributed by atoms with van der Waals surface area (Å²) < 4.78 is 20.9. The van der Waals surface area contributed by atoms with Gasteiger partial charge >= 0.3 is 5.97 Å². The van der Waals surface area contributed by atoms with Gasteiger partial charge in [0.1, 0.15) is 5.75 Å². The fourth-order valence-electron chi connectivity index (χ4n) is 2.67. The molecular weight excluding hydrogens is 398 g/mol. The third-order valence-corrected chi connectivity index (χ3v) is 4.42. The number of benzene rings is 2. The largest absolute Gasteiger partial charge is 0.495 e. The molecule has 1 heterocycles. The molecule has 152 valence electrons. The molecule has 1 atom stereocenters. The van der Waals surface area contributed by atoms with E-state index in [9.17, 15) is 9.59 Å². The lowest BCUT2D eigenvalue weighted by atomic mass is 10.2. The summed E-state index contributed by atoms with van der Waals surface area (Å²) in [5, 5.41) is 3.09. The standard InChI is InChI=1S/C21H20ClNO6/c1-12-4-6-17(26-3)16(8-12)23-21(25)13(2)29-19(24)7-5-14-9-15(22)20-18(10-14)27-11-28-20/h4-10,13H,11H2,1-3H3,(H,23,25)/b7-5+/t13-/m1/s1. The molecule has 1 aliphatic rings. The number of carbonyl (C=O) groups is 2. The number of rotatable bonds is 6. The predicted molar refractivity (Wildman–Crippen MR) is 109 cm³/mol. The minimum absolute atomic E-state index is 0.0998. The second kappa shape index (κ2) is 8.87. The van der Waals surface area contributed by atoms with Gasteiger partial charge in [-0.15, -0.1) is 0 Å². The summed E-state index contributed by atoms with van der Waals surface area (Å²) in [5.41, 5.74) is 2.10. The molecule has 0 fully saturated rings. The third kappa shape index (κ3) is 5.00. The number of anilines is 1. The van der Waals surface area contributed by atoms with Gasteiger partial charge in [-0.1, -0.05) is 17.7 Å². The molecule has 8 heteroatoms. The van der Waals surface area contributed by atoms with Crippen molar-refractivity contribution in [1.29, 1.82) is 0 Å². The number of carbonyl (C=O) groups excluding carboxylic acids is 2. The molecule has 7 nitrogen and oxygen atoms in total. The van der Waals surface area contributed by atoms with E-state index in [1.165, 1.54) is 26.2 Å². The quantitative estimate of drug-likeness (QED) is 0.565. The number of ether oxygens (including phenoxy) is 4. The number of nitrogens with one attached hydrogen (secondary N) is 1. The van der Waals surface area contributed by atoms with Gasteiger partial charge in [0.25, 0.3) is 5.91 Å². The van der Waals surface area contributed by atoms with E-state index in [2.05, 4.69) is 5.32 Å². The average Bonchev–Trinajstić information content (AvgIpc) is 3.16. The van der Waals surface area contributed by atoms with E-state index >= 15 is 0 Å². The van der Waals surface area contributed by atoms with Crippen molar-refractivity contribution < 1.29 is 28.5 Å². The molecule has 0 aromatic heterocycles. The molecule has 2 aromatic rings. The second-order valence-corrected chi connectivity index (χ2v) is 6.75. The summed E-state index contributed by atoms with van der Waals surface area (Å²) in [4.78, 5) is 24.4. The Hall–Kier alpha value is -3.19. The minimum Gasteiger partial charge on any atom is -0.495 e. The van der Waals surface area contributed by atoms with Crippen LogP contribution in [0.5, 0.6) is 17.2 Å².